The first kappa shape index (κ1) is 19.6. The van der Waals surface area contributed by atoms with Crippen LogP contribution in [0.25, 0.3) is 10.1 Å². The maximum absolute atomic E-state index is 13.1. The van der Waals surface area contributed by atoms with Crippen molar-refractivity contribution in [2.24, 2.45) is 5.73 Å². The number of rotatable bonds is 4. The van der Waals surface area contributed by atoms with Gasteiger partial charge in [0.1, 0.15) is 17.4 Å². The van der Waals surface area contributed by atoms with E-state index in [0.717, 1.165) is 21.4 Å². The van der Waals surface area contributed by atoms with Gasteiger partial charge in [0.05, 0.1) is 32.8 Å². The normalized spacial score (nSPS) is 15.2. The van der Waals surface area contributed by atoms with Crippen molar-refractivity contribution in [2.75, 3.05) is 21.3 Å². The fraction of sp³-hybridized carbons (Fsp3) is 0.182. The summed E-state index contributed by atoms with van der Waals surface area (Å²) in [5, 5.41) is 10.6. The molecule has 152 valence electrons. The molecule has 1 unspecified atom stereocenters. The molecule has 0 saturated heterocycles. The Morgan fingerprint density at radius 3 is 2.37 bits per heavy atom. The predicted octanol–water partition coefficient (Wildman–Crippen LogP) is 3.51. The number of methoxy groups -OCH3 is 3. The summed E-state index contributed by atoms with van der Waals surface area (Å²) < 4.78 is 22.7. The van der Waals surface area contributed by atoms with E-state index in [1.165, 1.54) is 21.3 Å². The van der Waals surface area contributed by atoms with Crippen LogP contribution in [-0.2, 0) is 0 Å². The van der Waals surface area contributed by atoms with E-state index in [0.29, 0.717) is 34.1 Å². The summed E-state index contributed by atoms with van der Waals surface area (Å²) in [5.74, 6) is 0.824. The molecule has 2 N–H and O–H groups in total. The summed E-state index contributed by atoms with van der Waals surface area (Å²) >= 11 is 1.10. The monoisotopic (exact) mass is 422 g/mol. The van der Waals surface area contributed by atoms with E-state index in [1.54, 1.807) is 12.1 Å². The van der Waals surface area contributed by atoms with Crippen LogP contribution in [0.4, 0.5) is 0 Å². The predicted molar refractivity (Wildman–Crippen MR) is 113 cm³/mol. The van der Waals surface area contributed by atoms with Crippen molar-refractivity contribution in [2.45, 2.75) is 5.92 Å². The van der Waals surface area contributed by atoms with E-state index in [2.05, 4.69) is 6.07 Å². The molecule has 4 rings (SSSR count). The second kappa shape index (κ2) is 7.61. The van der Waals surface area contributed by atoms with Gasteiger partial charge in [0.25, 0.3) is 0 Å². The molecule has 0 aliphatic carbocycles. The van der Waals surface area contributed by atoms with Crippen molar-refractivity contribution in [3.8, 4) is 29.1 Å². The Kier molecular flexibility index (Phi) is 4.98. The molecule has 0 amide bonds. The highest BCUT2D eigenvalue weighted by molar-refractivity contribution is 7.16. The number of hydrogen-bond acceptors (Lipinski definition) is 8. The van der Waals surface area contributed by atoms with Crippen LogP contribution in [0.1, 0.15) is 17.0 Å². The first-order valence-electron chi connectivity index (χ1n) is 8.97. The summed E-state index contributed by atoms with van der Waals surface area (Å²) in [4.78, 5) is 13.1. The third-order valence-electron chi connectivity index (χ3n) is 4.99. The van der Waals surface area contributed by atoms with E-state index in [1.807, 2.05) is 24.3 Å². The van der Waals surface area contributed by atoms with E-state index in [4.69, 9.17) is 24.7 Å². The average molecular weight is 422 g/mol. The summed E-state index contributed by atoms with van der Waals surface area (Å²) in [6.07, 6.45) is 0. The molecule has 1 aliphatic heterocycles. The van der Waals surface area contributed by atoms with Gasteiger partial charge in [0.15, 0.2) is 11.5 Å². The Bertz CT molecular complexity index is 1260. The minimum Gasteiger partial charge on any atom is -0.493 e. The minimum atomic E-state index is -0.735. The Morgan fingerprint density at radius 1 is 1.10 bits per heavy atom. The van der Waals surface area contributed by atoms with Gasteiger partial charge >= 0.3 is 0 Å². The number of allylic oxidation sites excluding steroid dienone is 1. The van der Waals surface area contributed by atoms with Crippen LogP contribution < -0.4 is 29.4 Å². The van der Waals surface area contributed by atoms with Crippen molar-refractivity contribution >= 4 is 21.4 Å². The van der Waals surface area contributed by atoms with Gasteiger partial charge in [-0.15, -0.1) is 0 Å². The first-order valence-corrected chi connectivity index (χ1v) is 9.78. The summed E-state index contributed by atoms with van der Waals surface area (Å²) in [7, 11) is 4.51. The van der Waals surface area contributed by atoms with Gasteiger partial charge in [-0.05, 0) is 29.8 Å². The van der Waals surface area contributed by atoms with E-state index >= 15 is 0 Å². The Labute approximate surface area is 176 Å². The summed E-state index contributed by atoms with van der Waals surface area (Å²) in [5.41, 5.74) is 7.23. The first-order chi connectivity index (χ1) is 14.5. The lowest BCUT2D eigenvalue weighted by Gasteiger charge is -2.27. The molecule has 7 nitrogen and oxygen atoms in total. The van der Waals surface area contributed by atoms with Crippen LogP contribution >= 0.6 is 11.3 Å². The number of ether oxygens (including phenoxy) is 4. The molecule has 2 heterocycles. The molecule has 0 radical (unpaired) electrons. The summed E-state index contributed by atoms with van der Waals surface area (Å²) in [6, 6.07) is 12.9. The van der Waals surface area contributed by atoms with Gasteiger partial charge in [0, 0.05) is 10.1 Å². The second-order valence-electron chi connectivity index (χ2n) is 6.51. The Hall–Kier alpha value is -3.70. The average Bonchev–Trinajstić information content (AvgIpc) is 2.77. The van der Waals surface area contributed by atoms with Crippen molar-refractivity contribution in [1.82, 2.24) is 0 Å². The molecule has 3 aromatic rings. The molecule has 1 aliphatic rings. The standard InChI is InChI=1S/C22H18N2O5S/c1-26-14-8-11(9-15(27-2)20(14)28-3)17-13(10-23)21(24)29-19-12-6-4-5-7-16(12)30-22(25)18(17)19/h4-9,17H,24H2,1-3H3. The fourth-order valence-electron chi connectivity index (χ4n) is 3.67. The topological polar surface area (TPSA) is 104 Å². The number of hydrogen-bond donors (Lipinski definition) is 1. The number of benzene rings is 2. The number of nitriles is 1. The zero-order valence-electron chi connectivity index (χ0n) is 16.5. The van der Waals surface area contributed by atoms with Gasteiger partial charge < -0.3 is 24.7 Å². The molecule has 1 aromatic heterocycles. The molecule has 0 saturated carbocycles. The quantitative estimate of drug-likeness (QED) is 0.686. The molecule has 0 bridgehead atoms. The van der Waals surface area contributed by atoms with E-state index in [-0.39, 0.29) is 16.2 Å². The van der Waals surface area contributed by atoms with E-state index < -0.39 is 5.92 Å². The van der Waals surface area contributed by atoms with Gasteiger partial charge in [-0.3, -0.25) is 4.79 Å². The third-order valence-corrected chi connectivity index (χ3v) is 5.98. The highest BCUT2D eigenvalue weighted by Gasteiger charge is 2.35. The number of nitrogens with zero attached hydrogens (tertiary/aromatic N) is 1. The smallest absolute Gasteiger partial charge is 0.240 e. The van der Waals surface area contributed by atoms with Crippen LogP contribution in [0.15, 0.2) is 52.6 Å². The Balaban J connectivity index is 2.07. The number of nitrogens with two attached hydrogens (primary N) is 1. The third kappa shape index (κ3) is 2.91. The van der Waals surface area contributed by atoms with Crippen LogP contribution in [0, 0.1) is 11.3 Å². The van der Waals surface area contributed by atoms with Crippen LogP contribution in [-0.4, -0.2) is 21.3 Å². The number of fused-ring (bicyclic) bond motifs is 3. The SMILES string of the molecule is COc1cc(C2C(C#N)=C(N)Oc3c2c(=O)sc2ccccc32)cc(OC)c1OC. The maximum atomic E-state index is 13.1. The molecule has 1 atom stereocenters. The molecule has 8 heteroatoms. The summed E-state index contributed by atoms with van der Waals surface area (Å²) in [6.45, 7) is 0. The lowest BCUT2D eigenvalue weighted by atomic mass is 9.84. The van der Waals surface area contributed by atoms with Gasteiger partial charge in [-0.1, -0.05) is 23.5 Å². The Morgan fingerprint density at radius 2 is 1.77 bits per heavy atom. The van der Waals surface area contributed by atoms with Crippen molar-refractivity contribution in [1.29, 1.82) is 5.26 Å². The van der Waals surface area contributed by atoms with Gasteiger partial charge in [-0.2, -0.15) is 5.26 Å². The second-order valence-corrected chi connectivity index (χ2v) is 7.53. The van der Waals surface area contributed by atoms with Crippen LogP contribution in [0.2, 0.25) is 0 Å². The lowest BCUT2D eigenvalue weighted by molar-refractivity contribution is 0.323. The highest BCUT2D eigenvalue weighted by Crippen LogP contribution is 2.48. The van der Waals surface area contributed by atoms with Gasteiger partial charge in [0.2, 0.25) is 16.4 Å². The molecular weight excluding hydrogens is 404 g/mol. The van der Waals surface area contributed by atoms with Crippen LogP contribution in [0.3, 0.4) is 0 Å². The van der Waals surface area contributed by atoms with E-state index in [9.17, 15) is 10.1 Å². The van der Waals surface area contributed by atoms with Crippen molar-refractivity contribution in [3.05, 3.63) is 68.5 Å². The van der Waals surface area contributed by atoms with Crippen LogP contribution in [0.5, 0.6) is 23.0 Å². The lowest BCUT2D eigenvalue weighted by Crippen LogP contribution is -2.25. The van der Waals surface area contributed by atoms with Crippen molar-refractivity contribution < 1.29 is 18.9 Å². The zero-order chi connectivity index (χ0) is 21.4. The maximum Gasteiger partial charge on any atom is 0.240 e. The van der Waals surface area contributed by atoms with Crippen molar-refractivity contribution in [3.63, 3.8) is 0 Å². The van der Waals surface area contributed by atoms with Gasteiger partial charge in [-0.25, -0.2) is 0 Å². The zero-order valence-corrected chi connectivity index (χ0v) is 17.3. The molecule has 0 spiro atoms. The fourth-order valence-corrected chi connectivity index (χ4v) is 4.60. The minimum absolute atomic E-state index is 0.0375. The highest BCUT2D eigenvalue weighted by atomic mass is 32.1. The molecule has 0 fully saturated rings. The molecule has 30 heavy (non-hydrogen) atoms. The molecule has 2 aromatic carbocycles. The molecular formula is C22H18N2O5S. The largest absolute Gasteiger partial charge is 0.493 e.